The van der Waals surface area contributed by atoms with E-state index >= 15 is 0 Å². The summed E-state index contributed by atoms with van der Waals surface area (Å²) in [4.78, 5) is 13.1. The smallest absolute Gasteiger partial charge is 0.227 e. The number of carbonyl (C=O) groups is 1. The van der Waals surface area contributed by atoms with Crippen molar-refractivity contribution < 1.29 is 9.18 Å². The van der Waals surface area contributed by atoms with Crippen molar-refractivity contribution in [3.8, 4) is 6.07 Å². The average molecular weight is 299 g/mol. The summed E-state index contributed by atoms with van der Waals surface area (Å²) < 4.78 is 13.6. The topological polar surface area (TPSA) is 44.1 Å². The lowest BCUT2D eigenvalue weighted by atomic mass is 10.2. The minimum absolute atomic E-state index is 0.183. The molecule has 0 aliphatic carbocycles. The lowest BCUT2D eigenvalue weighted by Crippen LogP contribution is -2.32. The predicted molar refractivity (Wildman–Crippen MR) is 67.4 cm³/mol. The Morgan fingerprint density at radius 3 is 2.76 bits per heavy atom. The highest BCUT2D eigenvalue weighted by Crippen LogP contribution is 2.20. The molecule has 0 aromatic heterocycles. The van der Waals surface area contributed by atoms with E-state index in [2.05, 4.69) is 15.9 Å². The molecule has 0 aliphatic heterocycles. The van der Waals surface area contributed by atoms with E-state index in [0.717, 1.165) is 0 Å². The first-order valence-electron chi connectivity index (χ1n) is 5.18. The second-order valence-corrected chi connectivity index (χ2v) is 4.14. The molecule has 0 atom stereocenters. The van der Waals surface area contributed by atoms with Crippen molar-refractivity contribution in [3.63, 3.8) is 0 Å². The van der Waals surface area contributed by atoms with Crippen LogP contribution in [0.3, 0.4) is 0 Å². The Hall–Kier alpha value is -1.41. The largest absolute Gasteiger partial charge is 0.309 e. The molecule has 0 N–H and O–H groups in total. The van der Waals surface area contributed by atoms with Crippen LogP contribution in [0.4, 0.5) is 10.1 Å². The van der Waals surface area contributed by atoms with Crippen LogP contribution >= 0.6 is 15.9 Å². The molecule has 5 heteroatoms. The van der Waals surface area contributed by atoms with Crippen LogP contribution in [0.5, 0.6) is 0 Å². The van der Waals surface area contributed by atoms with Crippen LogP contribution in [-0.4, -0.2) is 17.8 Å². The van der Waals surface area contributed by atoms with Gasteiger partial charge in [-0.15, -0.1) is 0 Å². The first-order chi connectivity index (χ1) is 8.20. The zero-order valence-electron chi connectivity index (χ0n) is 9.20. The number of para-hydroxylation sites is 1. The molecule has 1 amide bonds. The monoisotopic (exact) mass is 298 g/mol. The highest BCUT2D eigenvalue weighted by atomic mass is 79.9. The van der Waals surface area contributed by atoms with Crippen molar-refractivity contribution in [2.75, 3.05) is 16.8 Å². The second-order valence-electron chi connectivity index (χ2n) is 3.34. The summed E-state index contributed by atoms with van der Waals surface area (Å²) in [6.07, 6.45) is 0.460. The lowest BCUT2D eigenvalue weighted by molar-refractivity contribution is -0.118. The third kappa shape index (κ3) is 3.82. The number of hydrogen-bond donors (Lipinski definition) is 0. The number of amides is 1. The van der Waals surface area contributed by atoms with Crippen LogP contribution in [0, 0.1) is 17.1 Å². The van der Waals surface area contributed by atoms with Gasteiger partial charge in [-0.25, -0.2) is 4.39 Å². The van der Waals surface area contributed by atoms with E-state index in [4.69, 9.17) is 5.26 Å². The molecule has 17 heavy (non-hydrogen) atoms. The average Bonchev–Trinajstić information content (AvgIpc) is 2.32. The molecule has 0 saturated carbocycles. The summed E-state index contributed by atoms with van der Waals surface area (Å²) >= 11 is 3.17. The van der Waals surface area contributed by atoms with Gasteiger partial charge in [-0.1, -0.05) is 28.1 Å². The maximum Gasteiger partial charge on any atom is 0.227 e. The van der Waals surface area contributed by atoms with E-state index < -0.39 is 5.82 Å². The standard InChI is InChI=1S/C12H12BrFN2O/c13-7-6-12(17)16(9-3-8-15)11-5-2-1-4-10(11)14/h1-2,4-5H,3,6-7,9H2. The Bertz CT molecular complexity index is 431. The number of nitriles is 1. The van der Waals surface area contributed by atoms with Gasteiger partial charge in [-0.05, 0) is 12.1 Å². The number of nitrogens with zero attached hydrogens (tertiary/aromatic N) is 2. The Morgan fingerprint density at radius 2 is 2.18 bits per heavy atom. The molecule has 0 fully saturated rings. The van der Waals surface area contributed by atoms with Crippen LogP contribution in [0.2, 0.25) is 0 Å². The normalized spacial score (nSPS) is 9.71. The number of carbonyl (C=O) groups excluding carboxylic acids is 1. The van der Waals surface area contributed by atoms with Crippen LogP contribution < -0.4 is 4.90 Å². The lowest BCUT2D eigenvalue weighted by Gasteiger charge is -2.21. The highest BCUT2D eigenvalue weighted by molar-refractivity contribution is 9.09. The maximum atomic E-state index is 13.6. The highest BCUT2D eigenvalue weighted by Gasteiger charge is 2.17. The van der Waals surface area contributed by atoms with Gasteiger partial charge in [0.15, 0.2) is 0 Å². The molecule has 0 radical (unpaired) electrons. The minimum atomic E-state index is -0.451. The fourth-order valence-corrected chi connectivity index (χ4v) is 1.77. The SMILES string of the molecule is N#CCCN(C(=O)CCBr)c1ccccc1F. The van der Waals surface area contributed by atoms with Gasteiger partial charge in [0.1, 0.15) is 5.82 Å². The van der Waals surface area contributed by atoms with E-state index in [1.807, 2.05) is 6.07 Å². The number of rotatable bonds is 5. The second kappa shape index (κ2) is 7.02. The summed E-state index contributed by atoms with van der Waals surface area (Å²) in [6, 6.07) is 8.03. The Morgan fingerprint density at radius 1 is 1.47 bits per heavy atom. The van der Waals surface area contributed by atoms with Gasteiger partial charge >= 0.3 is 0 Å². The number of benzene rings is 1. The van der Waals surface area contributed by atoms with Gasteiger partial charge in [-0.3, -0.25) is 4.79 Å². The fourth-order valence-electron chi connectivity index (χ4n) is 1.43. The third-order valence-electron chi connectivity index (χ3n) is 2.20. The Labute approximate surface area is 108 Å². The Kier molecular flexibility index (Phi) is 5.64. The zero-order chi connectivity index (χ0) is 12.7. The van der Waals surface area contributed by atoms with Crippen molar-refractivity contribution in [2.24, 2.45) is 0 Å². The fraction of sp³-hybridized carbons (Fsp3) is 0.333. The summed E-state index contributed by atoms with van der Waals surface area (Å²) in [5, 5.41) is 9.07. The van der Waals surface area contributed by atoms with Crippen LogP contribution in [0.25, 0.3) is 0 Å². The van der Waals surface area contributed by atoms with E-state index in [1.54, 1.807) is 18.2 Å². The molecule has 0 spiro atoms. The molecule has 1 rings (SSSR count). The first-order valence-corrected chi connectivity index (χ1v) is 6.30. The molecule has 1 aromatic carbocycles. The van der Waals surface area contributed by atoms with Gasteiger partial charge in [0.2, 0.25) is 5.91 Å². The van der Waals surface area contributed by atoms with Gasteiger partial charge in [0, 0.05) is 18.3 Å². The van der Waals surface area contributed by atoms with Gasteiger partial charge in [0.05, 0.1) is 18.2 Å². The van der Waals surface area contributed by atoms with Crippen molar-refractivity contribution in [1.82, 2.24) is 0 Å². The minimum Gasteiger partial charge on any atom is -0.309 e. The molecule has 3 nitrogen and oxygen atoms in total. The van der Waals surface area contributed by atoms with E-state index in [-0.39, 0.29) is 31.0 Å². The number of halogens is 2. The molecule has 1 aromatic rings. The summed E-state index contributed by atoms with van der Waals surface area (Å²) in [5.41, 5.74) is 0.230. The summed E-state index contributed by atoms with van der Waals surface area (Å²) in [5.74, 6) is -0.643. The summed E-state index contributed by atoms with van der Waals surface area (Å²) in [7, 11) is 0. The Balaban J connectivity index is 2.94. The van der Waals surface area contributed by atoms with E-state index in [9.17, 15) is 9.18 Å². The first kappa shape index (κ1) is 13.7. The molecular formula is C12H12BrFN2O. The van der Waals surface area contributed by atoms with Crippen molar-refractivity contribution in [3.05, 3.63) is 30.1 Å². The zero-order valence-corrected chi connectivity index (χ0v) is 10.8. The van der Waals surface area contributed by atoms with Gasteiger partial charge in [-0.2, -0.15) is 5.26 Å². The molecule has 0 bridgehead atoms. The van der Waals surface area contributed by atoms with Crippen molar-refractivity contribution >= 4 is 27.5 Å². The quantitative estimate of drug-likeness (QED) is 0.785. The third-order valence-corrected chi connectivity index (χ3v) is 2.60. The predicted octanol–water partition coefficient (Wildman–Crippen LogP) is 2.86. The van der Waals surface area contributed by atoms with Crippen LogP contribution in [-0.2, 0) is 4.79 Å². The van der Waals surface area contributed by atoms with Crippen molar-refractivity contribution in [2.45, 2.75) is 12.8 Å². The number of anilines is 1. The number of hydrogen-bond acceptors (Lipinski definition) is 2. The molecule has 0 unspecified atom stereocenters. The number of alkyl halides is 1. The molecule has 0 aliphatic rings. The summed E-state index contributed by atoms with van der Waals surface area (Å²) in [6.45, 7) is 0.212. The van der Waals surface area contributed by atoms with Crippen molar-refractivity contribution in [1.29, 1.82) is 5.26 Å². The van der Waals surface area contributed by atoms with Crippen LogP contribution in [0.1, 0.15) is 12.8 Å². The van der Waals surface area contributed by atoms with E-state index in [0.29, 0.717) is 5.33 Å². The van der Waals surface area contributed by atoms with E-state index in [1.165, 1.54) is 11.0 Å². The molecule has 0 saturated heterocycles. The van der Waals surface area contributed by atoms with Gasteiger partial charge in [0.25, 0.3) is 0 Å². The molecule has 90 valence electrons. The molecule has 0 heterocycles. The molecular weight excluding hydrogens is 287 g/mol. The van der Waals surface area contributed by atoms with Gasteiger partial charge < -0.3 is 4.90 Å². The maximum absolute atomic E-state index is 13.6. The van der Waals surface area contributed by atoms with Crippen LogP contribution in [0.15, 0.2) is 24.3 Å².